The van der Waals surface area contributed by atoms with E-state index in [4.69, 9.17) is 10.00 Å². The molecule has 0 aliphatic heterocycles. The van der Waals surface area contributed by atoms with Crippen molar-refractivity contribution in [2.24, 2.45) is 11.3 Å². The maximum Gasteiger partial charge on any atom is 0.174 e. The second kappa shape index (κ2) is 6.17. The smallest absolute Gasteiger partial charge is 0.174 e. The second-order valence-corrected chi connectivity index (χ2v) is 6.61. The minimum atomic E-state index is 0.0987. The number of nitriles is 1. The van der Waals surface area contributed by atoms with Gasteiger partial charge >= 0.3 is 0 Å². The molecule has 20 heavy (non-hydrogen) atoms. The number of ether oxygens (including phenoxy) is 1. The Balaban J connectivity index is 1.92. The van der Waals surface area contributed by atoms with E-state index in [-0.39, 0.29) is 6.61 Å². The molecule has 0 heterocycles. The molecule has 0 aromatic heterocycles. The molecule has 1 N–H and O–H groups in total. The van der Waals surface area contributed by atoms with Crippen LogP contribution in [0.1, 0.15) is 40.0 Å². The van der Waals surface area contributed by atoms with E-state index in [0.717, 1.165) is 11.4 Å². The number of hydrogen-bond acceptors (Lipinski definition) is 3. The van der Waals surface area contributed by atoms with Crippen molar-refractivity contribution in [3.63, 3.8) is 0 Å². The van der Waals surface area contributed by atoms with Gasteiger partial charge in [0.25, 0.3) is 0 Å². The summed E-state index contributed by atoms with van der Waals surface area (Å²) in [5.41, 5.74) is 1.61. The Hall–Kier alpha value is -1.69. The molecular formula is C17H24N2O. The van der Waals surface area contributed by atoms with Gasteiger partial charge in [0.2, 0.25) is 0 Å². The summed E-state index contributed by atoms with van der Waals surface area (Å²) in [6.07, 6.45) is 3.77. The molecule has 0 bridgehead atoms. The molecule has 1 saturated carbocycles. The number of hydrogen-bond donors (Lipinski definition) is 1. The van der Waals surface area contributed by atoms with E-state index in [1.807, 2.05) is 30.3 Å². The van der Waals surface area contributed by atoms with Crippen LogP contribution in [0.5, 0.6) is 5.75 Å². The number of benzene rings is 1. The molecule has 108 valence electrons. The highest BCUT2D eigenvalue weighted by molar-refractivity contribution is 5.47. The molecular weight excluding hydrogens is 248 g/mol. The zero-order valence-electron chi connectivity index (χ0n) is 12.6. The van der Waals surface area contributed by atoms with Crippen LogP contribution in [0.4, 0.5) is 5.69 Å². The highest BCUT2D eigenvalue weighted by Crippen LogP contribution is 2.39. The normalized spacial score (nSPS) is 24.7. The number of anilines is 1. The Morgan fingerprint density at radius 2 is 2.05 bits per heavy atom. The van der Waals surface area contributed by atoms with E-state index < -0.39 is 0 Å². The summed E-state index contributed by atoms with van der Waals surface area (Å²) in [4.78, 5) is 0. The molecule has 1 aromatic carbocycles. The van der Waals surface area contributed by atoms with Crippen molar-refractivity contribution in [3.05, 3.63) is 24.3 Å². The summed E-state index contributed by atoms with van der Waals surface area (Å²) in [6.45, 7) is 7.16. The summed E-state index contributed by atoms with van der Waals surface area (Å²) < 4.78 is 5.26. The molecule has 2 atom stereocenters. The lowest BCUT2D eigenvalue weighted by Crippen LogP contribution is -2.36. The molecule has 0 spiro atoms. The van der Waals surface area contributed by atoms with Crippen molar-refractivity contribution in [2.75, 3.05) is 11.9 Å². The average molecular weight is 272 g/mol. The summed E-state index contributed by atoms with van der Waals surface area (Å²) >= 11 is 0. The zero-order chi connectivity index (χ0) is 14.6. The van der Waals surface area contributed by atoms with Gasteiger partial charge in [-0.3, -0.25) is 0 Å². The molecule has 0 saturated heterocycles. The summed E-state index contributed by atoms with van der Waals surface area (Å²) in [5, 5.41) is 12.1. The highest BCUT2D eigenvalue weighted by atomic mass is 16.5. The first-order chi connectivity index (χ1) is 9.50. The van der Waals surface area contributed by atoms with Gasteiger partial charge in [0.15, 0.2) is 6.61 Å². The Morgan fingerprint density at radius 1 is 1.35 bits per heavy atom. The van der Waals surface area contributed by atoms with Gasteiger partial charge in [0.05, 0.1) is 0 Å². The zero-order valence-corrected chi connectivity index (χ0v) is 12.6. The van der Waals surface area contributed by atoms with Gasteiger partial charge in [-0.15, -0.1) is 0 Å². The van der Waals surface area contributed by atoms with Crippen molar-refractivity contribution in [1.29, 1.82) is 5.26 Å². The molecule has 0 radical (unpaired) electrons. The highest BCUT2D eigenvalue weighted by Gasteiger charge is 2.32. The van der Waals surface area contributed by atoms with Gasteiger partial charge in [-0.1, -0.05) is 20.8 Å². The third-order valence-corrected chi connectivity index (χ3v) is 4.20. The first-order valence-electron chi connectivity index (χ1n) is 7.36. The van der Waals surface area contributed by atoms with Crippen LogP contribution < -0.4 is 10.1 Å². The Bertz CT molecular complexity index is 473. The SMILES string of the molecule is CC1CC(C)(C)CCC1Nc1ccc(OCC#N)cc1. The fourth-order valence-electron chi connectivity index (χ4n) is 3.14. The standard InChI is InChI=1S/C17H24N2O/c1-13-12-17(2,3)9-8-16(13)19-14-4-6-15(7-5-14)20-11-10-18/h4-7,13,16,19H,8-9,11-12H2,1-3H3. The number of nitrogens with zero attached hydrogens (tertiary/aromatic N) is 1. The van der Waals surface area contributed by atoms with Gasteiger partial charge in [-0.05, 0) is 54.9 Å². The summed E-state index contributed by atoms with van der Waals surface area (Å²) in [6, 6.07) is 10.4. The van der Waals surface area contributed by atoms with Crippen LogP contribution in [0.3, 0.4) is 0 Å². The Labute approximate surface area is 121 Å². The molecule has 3 nitrogen and oxygen atoms in total. The molecule has 2 unspecified atom stereocenters. The van der Waals surface area contributed by atoms with E-state index in [1.165, 1.54) is 19.3 Å². The maximum absolute atomic E-state index is 8.48. The Morgan fingerprint density at radius 3 is 2.65 bits per heavy atom. The maximum atomic E-state index is 8.48. The van der Waals surface area contributed by atoms with E-state index >= 15 is 0 Å². The van der Waals surface area contributed by atoms with Gasteiger partial charge in [-0.2, -0.15) is 5.26 Å². The number of rotatable bonds is 4. The number of nitrogens with one attached hydrogen (secondary N) is 1. The molecule has 1 aliphatic rings. The van der Waals surface area contributed by atoms with Crippen molar-refractivity contribution < 1.29 is 4.74 Å². The first-order valence-corrected chi connectivity index (χ1v) is 7.36. The minimum Gasteiger partial charge on any atom is -0.479 e. The topological polar surface area (TPSA) is 45.0 Å². The van der Waals surface area contributed by atoms with Gasteiger partial charge in [0.1, 0.15) is 11.8 Å². The van der Waals surface area contributed by atoms with Crippen LogP contribution >= 0.6 is 0 Å². The van der Waals surface area contributed by atoms with Crippen LogP contribution in [0.2, 0.25) is 0 Å². The third kappa shape index (κ3) is 3.90. The van der Waals surface area contributed by atoms with Crippen LogP contribution in [0.25, 0.3) is 0 Å². The molecule has 2 rings (SSSR count). The predicted octanol–water partition coefficient (Wildman–Crippen LogP) is 4.22. The quantitative estimate of drug-likeness (QED) is 0.892. The average Bonchev–Trinajstić information content (AvgIpc) is 2.40. The van der Waals surface area contributed by atoms with Crippen molar-refractivity contribution in [2.45, 2.75) is 46.1 Å². The molecule has 3 heteroatoms. The molecule has 1 aromatic rings. The lowest BCUT2D eigenvalue weighted by Gasteiger charge is -2.40. The lowest BCUT2D eigenvalue weighted by atomic mass is 9.70. The predicted molar refractivity (Wildman–Crippen MR) is 81.8 cm³/mol. The molecule has 1 aliphatic carbocycles. The third-order valence-electron chi connectivity index (χ3n) is 4.20. The van der Waals surface area contributed by atoms with Crippen molar-refractivity contribution in [3.8, 4) is 11.8 Å². The van der Waals surface area contributed by atoms with Gasteiger partial charge < -0.3 is 10.1 Å². The molecule has 1 fully saturated rings. The monoisotopic (exact) mass is 272 g/mol. The fraction of sp³-hybridized carbons (Fsp3) is 0.588. The van der Waals surface area contributed by atoms with Crippen molar-refractivity contribution >= 4 is 5.69 Å². The van der Waals surface area contributed by atoms with E-state index in [9.17, 15) is 0 Å². The first kappa shape index (κ1) is 14.7. The van der Waals surface area contributed by atoms with Gasteiger partial charge in [0, 0.05) is 11.7 Å². The van der Waals surface area contributed by atoms with E-state index in [1.54, 1.807) is 0 Å². The van der Waals surface area contributed by atoms with Crippen LogP contribution in [0, 0.1) is 22.7 Å². The second-order valence-electron chi connectivity index (χ2n) is 6.61. The van der Waals surface area contributed by atoms with Crippen LogP contribution in [-0.2, 0) is 0 Å². The van der Waals surface area contributed by atoms with E-state index in [0.29, 0.717) is 17.4 Å². The van der Waals surface area contributed by atoms with E-state index in [2.05, 4.69) is 26.1 Å². The Kier molecular flexibility index (Phi) is 4.54. The van der Waals surface area contributed by atoms with Crippen molar-refractivity contribution in [1.82, 2.24) is 0 Å². The molecule has 0 amide bonds. The van der Waals surface area contributed by atoms with Gasteiger partial charge in [-0.25, -0.2) is 0 Å². The lowest BCUT2D eigenvalue weighted by molar-refractivity contribution is 0.177. The summed E-state index contributed by atoms with van der Waals surface area (Å²) in [7, 11) is 0. The largest absolute Gasteiger partial charge is 0.479 e. The fourth-order valence-corrected chi connectivity index (χ4v) is 3.14. The summed E-state index contributed by atoms with van der Waals surface area (Å²) in [5.74, 6) is 1.43. The minimum absolute atomic E-state index is 0.0987. The van der Waals surface area contributed by atoms with Crippen LogP contribution in [-0.4, -0.2) is 12.6 Å². The van der Waals surface area contributed by atoms with Crippen LogP contribution in [0.15, 0.2) is 24.3 Å².